The molecule has 0 amide bonds. The molecule has 0 aliphatic rings. The van der Waals surface area contributed by atoms with E-state index in [1.165, 1.54) is 21.9 Å². The third-order valence-corrected chi connectivity index (χ3v) is 4.24. The summed E-state index contributed by atoms with van der Waals surface area (Å²) < 4.78 is 0. The van der Waals surface area contributed by atoms with Crippen LogP contribution in [-0.4, -0.2) is 11.2 Å². The van der Waals surface area contributed by atoms with Gasteiger partial charge in [0.25, 0.3) is 0 Å². The lowest BCUT2D eigenvalue weighted by Gasteiger charge is -2.12. The number of fused-ring (bicyclic) bond motifs is 1. The summed E-state index contributed by atoms with van der Waals surface area (Å²) in [5, 5.41) is 12.8. The van der Waals surface area contributed by atoms with E-state index >= 15 is 0 Å². The van der Waals surface area contributed by atoms with Crippen LogP contribution in [0.15, 0.2) is 72.8 Å². The first-order valence-corrected chi connectivity index (χ1v) is 8.01. The van der Waals surface area contributed by atoms with Crippen molar-refractivity contribution in [2.45, 2.75) is 31.8 Å². The van der Waals surface area contributed by atoms with Gasteiger partial charge in [-0.3, -0.25) is 0 Å². The molecule has 0 aliphatic heterocycles. The fourth-order valence-corrected chi connectivity index (χ4v) is 2.95. The molecule has 0 bridgehead atoms. The number of aryl methyl sites for hydroxylation is 2. The first-order chi connectivity index (χ1) is 10.8. The van der Waals surface area contributed by atoms with E-state index in [2.05, 4.69) is 66.7 Å². The highest BCUT2D eigenvalue weighted by molar-refractivity contribution is 5.85. The molecule has 0 heterocycles. The maximum Gasteiger partial charge on any atom is 0.0546 e. The maximum atomic E-state index is 10.2. The van der Waals surface area contributed by atoms with E-state index in [0.29, 0.717) is 0 Å². The van der Waals surface area contributed by atoms with E-state index in [-0.39, 0.29) is 6.10 Å². The van der Waals surface area contributed by atoms with Crippen molar-refractivity contribution in [2.75, 3.05) is 0 Å². The zero-order chi connectivity index (χ0) is 15.2. The average Bonchev–Trinajstić information content (AvgIpc) is 2.59. The molecule has 3 rings (SSSR count). The number of rotatable bonds is 6. The zero-order valence-corrected chi connectivity index (χ0v) is 12.8. The molecule has 1 heteroatoms. The molecule has 1 N–H and O–H groups in total. The fourth-order valence-electron chi connectivity index (χ4n) is 2.95. The summed E-state index contributed by atoms with van der Waals surface area (Å²) in [6, 6.07) is 25.3. The van der Waals surface area contributed by atoms with Gasteiger partial charge in [0, 0.05) is 0 Å². The first-order valence-electron chi connectivity index (χ1n) is 8.01. The third-order valence-electron chi connectivity index (χ3n) is 4.24. The molecule has 0 aliphatic carbocycles. The van der Waals surface area contributed by atoms with E-state index in [1.54, 1.807) is 0 Å². The Morgan fingerprint density at radius 1 is 0.682 bits per heavy atom. The molecule has 0 spiro atoms. The van der Waals surface area contributed by atoms with Crippen LogP contribution in [-0.2, 0) is 12.8 Å². The Balaban J connectivity index is 1.57. The minimum atomic E-state index is -0.237. The standard InChI is InChI=1S/C21H22O/c22-20(15-13-17-7-2-1-3-8-17)16-14-19-11-6-10-18-9-4-5-12-21(18)19/h1-12,20,22H,13-16H2. The van der Waals surface area contributed by atoms with Crippen molar-refractivity contribution in [1.29, 1.82) is 0 Å². The Morgan fingerprint density at radius 3 is 2.23 bits per heavy atom. The van der Waals surface area contributed by atoms with Crippen molar-refractivity contribution in [3.05, 3.63) is 83.9 Å². The quantitative estimate of drug-likeness (QED) is 0.693. The first kappa shape index (κ1) is 14.8. The van der Waals surface area contributed by atoms with Gasteiger partial charge in [-0.1, -0.05) is 72.8 Å². The van der Waals surface area contributed by atoms with E-state index < -0.39 is 0 Å². The van der Waals surface area contributed by atoms with Gasteiger partial charge in [0.05, 0.1) is 6.10 Å². The van der Waals surface area contributed by atoms with Crippen LogP contribution in [0.5, 0.6) is 0 Å². The third kappa shape index (κ3) is 3.75. The molecular weight excluding hydrogens is 268 g/mol. The van der Waals surface area contributed by atoms with Gasteiger partial charge in [0.1, 0.15) is 0 Å². The summed E-state index contributed by atoms with van der Waals surface area (Å²) in [6.45, 7) is 0. The second-order valence-corrected chi connectivity index (χ2v) is 5.86. The number of hydrogen-bond acceptors (Lipinski definition) is 1. The SMILES string of the molecule is OC(CCc1ccccc1)CCc1cccc2ccccc12. The van der Waals surface area contributed by atoms with Crippen LogP contribution >= 0.6 is 0 Å². The Bertz CT molecular complexity index is 713. The Kier molecular flexibility index (Phi) is 4.87. The zero-order valence-electron chi connectivity index (χ0n) is 12.8. The van der Waals surface area contributed by atoms with Crippen molar-refractivity contribution in [3.63, 3.8) is 0 Å². The summed E-state index contributed by atoms with van der Waals surface area (Å²) >= 11 is 0. The summed E-state index contributed by atoms with van der Waals surface area (Å²) in [6.07, 6.45) is 3.28. The maximum absolute atomic E-state index is 10.2. The molecule has 0 saturated carbocycles. The van der Waals surface area contributed by atoms with Crippen molar-refractivity contribution in [2.24, 2.45) is 0 Å². The highest BCUT2D eigenvalue weighted by Gasteiger charge is 2.07. The van der Waals surface area contributed by atoms with Gasteiger partial charge in [-0.25, -0.2) is 0 Å². The van der Waals surface area contributed by atoms with Crippen LogP contribution in [0, 0.1) is 0 Å². The Morgan fingerprint density at radius 2 is 1.36 bits per heavy atom. The Hall–Kier alpha value is -2.12. The van der Waals surface area contributed by atoms with Crippen LogP contribution in [0.1, 0.15) is 24.0 Å². The molecule has 1 atom stereocenters. The molecule has 22 heavy (non-hydrogen) atoms. The lowest BCUT2D eigenvalue weighted by atomic mass is 9.97. The van der Waals surface area contributed by atoms with Gasteiger partial charge in [-0.05, 0) is 47.6 Å². The molecule has 0 radical (unpaired) electrons. The Labute approximate surface area is 132 Å². The monoisotopic (exact) mass is 290 g/mol. The number of aliphatic hydroxyl groups is 1. The topological polar surface area (TPSA) is 20.2 Å². The highest BCUT2D eigenvalue weighted by atomic mass is 16.3. The summed E-state index contributed by atoms with van der Waals surface area (Å²) in [5.74, 6) is 0. The van der Waals surface area contributed by atoms with Crippen molar-refractivity contribution < 1.29 is 5.11 Å². The molecular formula is C21H22O. The van der Waals surface area contributed by atoms with Crippen molar-refractivity contribution in [1.82, 2.24) is 0 Å². The minimum Gasteiger partial charge on any atom is -0.393 e. The predicted octanol–water partition coefficient (Wildman–Crippen LogP) is 4.77. The molecule has 3 aromatic carbocycles. The van der Waals surface area contributed by atoms with E-state index in [4.69, 9.17) is 0 Å². The number of aliphatic hydroxyl groups excluding tert-OH is 1. The summed E-state index contributed by atoms with van der Waals surface area (Å²) in [7, 11) is 0. The van der Waals surface area contributed by atoms with Crippen LogP contribution in [0.2, 0.25) is 0 Å². The smallest absolute Gasteiger partial charge is 0.0546 e. The van der Waals surface area contributed by atoms with Gasteiger partial charge in [0.15, 0.2) is 0 Å². The molecule has 112 valence electrons. The van der Waals surface area contributed by atoms with E-state index in [1.807, 2.05) is 6.07 Å². The molecule has 1 unspecified atom stereocenters. The van der Waals surface area contributed by atoms with Crippen molar-refractivity contribution in [3.8, 4) is 0 Å². The average molecular weight is 290 g/mol. The normalized spacial score (nSPS) is 12.4. The lowest BCUT2D eigenvalue weighted by Crippen LogP contribution is -2.09. The van der Waals surface area contributed by atoms with E-state index in [0.717, 1.165) is 25.7 Å². The van der Waals surface area contributed by atoms with Gasteiger partial charge in [-0.2, -0.15) is 0 Å². The molecule has 1 nitrogen and oxygen atoms in total. The van der Waals surface area contributed by atoms with Crippen LogP contribution in [0.3, 0.4) is 0 Å². The molecule has 0 fully saturated rings. The van der Waals surface area contributed by atoms with Gasteiger partial charge in [0.2, 0.25) is 0 Å². The largest absolute Gasteiger partial charge is 0.393 e. The van der Waals surface area contributed by atoms with Crippen LogP contribution in [0.25, 0.3) is 10.8 Å². The minimum absolute atomic E-state index is 0.237. The van der Waals surface area contributed by atoms with Gasteiger partial charge >= 0.3 is 0 Å². The number of hydrogen-bond donors (Lipinski definition) is 1. The fraction of sp³-hybridized carbons (Fsp3) is 0.238. The molecule has 0 saturated heterocycles. The van der Waals surface area contributed by atoms with Gasteiger partial charge < -0.3 is 5.11 Å². The summed E-state index contributed by atoms with van der Waals surface area (Å²) in [5.41, 5.74) is 2.63. The number of benzene rings is 3. The van der Waals surface area contributed by atoms with Crippen LogP contribution < -0.4 is 0 Å². The highest BCUT2D eigenvalue weighted by Crippen LogP contribution is 2.20. The molecule has 0 aromatic heterocycles. The summed E-state index contributed by atoms with van der Waals surface area (Å²) in [4.78, 5) is 0. The van der Waals surface area contributed by atoms with E-state index in [9.17, 15) is 5.11 Å². The predicted molar refractivity (Wildman–Crippen MR) is 93.0 cm³/mol. The molecule has 3 aromatic rings. The van der Waals surface area contributed by atoms with Crippen molar-refractivity contribution >= 4 is 10.8 Å². The van der Waals surface area contributed by atoms with Crippen LogP contribution in [0.4, 0.5) is 0 Å². The second-order valence-electron chi connectivity index (χ2n) is 5.86. The second kappa shape index (κ2) is 7.24. The van der Waals surface area contributed by atoms with Gasteiger partial charge in [-0.15, -0.1) is 0 Å². The lowest BCUT2D eigenvalue weighted by molar-refractivity contribution is 0.155.